The Bertz CT molecular complexity index is 2150. The molecule has 0 aliphatic carbocycles. The molecule has 3 nitrogen and oxygen atoms in total. The lowest BCUT2D eigenvalue weighted by Gasteiger charge is -2.21. The van der Waals surface area contributed by atoms with Crippen LogP contribution in [0.1, 0.15) is 0 Å². The largest absolute Gasteiger partial charge is 0.208 e. The summed E-state index contributed by atoms with van der Waals surface area (Å²) < 4.78 is 0. The summed E-state index contributed by atoms with van der Waals surface area (Å²) in [5.74, 6) is 2.05. The summed E-state index contributed by atoms with van der Waals surface area (Å²) in [5, 5.41) is 5.64. The summed E-state index contributed by atoms with van der Waals surface area (Å²) in [6, 6.07) is 49.2. The monoisotopic (exact) mass is 567 g/mol. The van der Waals surface area contributed by atoms with E-state index in [1.165, 1.54) is 32.3 Å². The van der Waals surface area contributed by atoms with Gasteiger partial charge < -0.3 is 0 Å². The normalized spacial score (nSPS) is 13.1. The van der Waals surface area contributed by atoms with Gasteiger partial charge in [0.25, 0.3) is 0 Å². The van der Waals surface area contributed by atoms with Gasteiger partial charge in [0.1, 0.15) is 8.07 Å². The van der Waals surface area contributed by atoms with Crippen LogP contribution in [0.3, 0.4) is 0 Å². The maximum atomic E-state index is 5.15. The van der Waals surface area contributed by atoms with Crippen LogP contribution in [0.2, 0.25) is 13.1 Å². The summed E-state index contributed by atoms with van der Waals surface area (Å²) in [6.45, 7) is 4.94. The minimum atomic E-state index is -1.99. The third-order valence-electron chi connectivity index (χ3n) is 8.72. The number of benzene rings is 6. The first-order chi connectivity index (χ1) is 21.1. The van der Waals surface area contributed by atoms with Crippen molar-refractivity contribution in [1.29, 1.82) is 0 Å². The highest BCUT2D eigenvalue weighted by Crippen LogP contribution is 2.35. The molecule has 43 heavy (non-hydrogen) atoms. The standard InChI is InChI=1S/C39H29N3Si/c1-43(2)35-25-29(22-23-32(35)33-24-21-27-15-9-10-19-31(27)36(33)43)38-40-37(28-16-7-4-8-17-28)41-39(42-38)34-20-12-11-18-30(34)26-13-5-3-6-14-26/h3-25H,1-2H3. The van der Waals surface area contributed by atoms with E-state index in [-0.39, 0.29) is 0 Å². The topological polar surface area (TPSA) is 38.7 Å². The quantitative estimate of drug-likeness (QED) is 0.200. The van der Waals surface area contributed by atoms with Crippen LogP contribution in [-0.2, 0) is 0 Å². The van der Waals surface area contributed by atoms with Gasteiger partial charge in [0.05, 0.1) is 0 Å². The average Bonchev–Trinajstić information content (AvgIpc) is 3.31. The van der Waals surface area contributed by atoms with Gasteiger partial charge in [-0.1, -0.05) is 153 Å². The molecule has 0 saturated carbocycles. The summed E-state index contributed by atoms with van der Waals surface area (Å²) in [6.07, 6.45) is 0. The minimum Gasteiger partial charge on any atom is -0.208 e. The average molecular weight is 568 g/mol. The van der Waals surface area contributed by atoms with Gasteiger partial charge in [-0.2, -0.15) is 0 Å². The molecule has 0 saturated heterocycles. The molecule has 6 aromatic carbocycles. The molecule has 7 aromatic rings. The summed E-state index contributed by atoms with van der Waals surface area (Å²) in [4.78, 5) is 15.3. The summed E-state index contributed by atoms with van der Waals surface area (Å²) >= 11 is 0. The van der Waals surface area contributed by atoms with Gasteiger partial charge >= 0.3 is 0 Å². The molecular weight excluding hydrogens is 539 g/mol. The Labute approximate surface area is 252 Å². The SMILES string of the molecule is C[Si]1(C)c2cc(-c3nc(-c4ccccc4)nc(-c4ccccc4-c4ccccc4)n3)ccc2-c2ccc3ccccc3c21. The summed E-state index contributed by atoms with van der Waals surface area (Å²) in [7, 11) is -1.99. The van der Waals surface area contributed by atoms with E-state index in [4.69, 9.17) is 15.0 Å². The Balaban J connectivity index is 1.32. The van der Waals surface area contributed by atoms with E-state index in [0.717, 1.165) is 27.8 Å². The first-order valence-corrected chi connectivity index (χ1v) is 17.7. The van der Waals surface area contributed by atoms with Crippen LogP contribution >= 0.6 is 0 Å². The van der Waals surface area contributed by atoms with E-state index >= 15 is 0 Å². The molecule has 1 aromatic heterocycles. The highest BCUT2D eigenvalue weighted by molar-refractivity contribution is 7.05. The number of rotatable bonds is 4. The third kappa shape index (κ3) is 4.22. The van der Waals surface area contributed by atoms with Crippen molar-refractivity contribution in [2.24, 2.45) is 0 Å². The number of nitrogens with zero attached hydrogens (tertiary/aromatic N) is 3. The van der Waals surface area contributed by atoms with Crippen molar-refractivity contribution in [3.05, 3.63) is 140 Å². The number of fused-ring (bicyclic) bond motifs is 5. The molecule has 0 unspecified atom stereocenters. The van der Waals surface area contributed by atoms with Crippen molar-refractivity contribution in [2.45, 2.75) is 13.1 Å². The lowest BCUT2D eigenvalue weighted by molar-refractivity contribution is 1.07. The van der Waals surface area contributed by atoms with Crippen molar-refractivity contribution in [3.63, 3.8) is 0 Å². The third-order valence-corrected chi connectivity index (χ3v) is 12.3. The van der Waals surface area contributed by atoms with Crippen molar-refractivity contribution in [2.75, 3.05) is 0 Å². The maximum absolute atomic E-state index is 5.15. The first kappa shape index (κ1) is 25.5. The summed E-state index contributed by atoms with van der Waals surface area (Å²) in [5.41, 5.74) is 7.93. The molecule has 0 amide bonds. The Morgan fingerprint density at radius 1 is 0.419 bits per heavy atom. The van der Waals surface area contributed by atoms with Crippen LogP contribution in [0.15, 0.2) is 140 Å². The number of aromatic nitrogens is 3. The zero-order valence-electron chi connectivity index (χ0n) is 24.1. The van der Waals surface area contributed by atoms with Crippen molar-refractivity contribution in [1.82, 2.24) is 15.0 Å². The second-order valence-electron chi connectivity index (χ2n) is 11.7. The molecule has 0 N–H and O–H groups in total. The van der Waals surface area contributed by atoms with E-state index in [1.807, 2.05) is 24.3 Å². The van der Waals surface area contributed by atoms with Crippen molar-refractivity contribution in [3.8, 4) is 56.4 Å². The molecule has 4 heteroatoms. The second kappa shape index (κ2) is 9.97. The Morgan fingerprint density at radius 2 is 1.00 bits per heavy atom. The minimum absolute atomic E-state index is 0.676. The fourth-order valence-corrected chi connectivity index (χ4v) is 10.1. The molecule has 1 aliphatic heterocycles. The predicted octanol–water partition coefficient (Wildman–Crippen LogP) is 8.50. The molecule has 0 fully saturated rings. The van der Waals surface area contributed by atoms with Crippen molar-refractivity contribution >= 4 is 29.2 Å². The zero-order valence-corrected chi connectivity index (χ0v) is 25.1. The Kier molecular flexibility index (Phi) is 5.91. The molecule has 0 bridgehead atoms. The molecule has 0 radical (unpaired) electrons. The first-order valence-electron chi connectivity index (χ1n) is 14.7. The Hall–Kier alpha value is -5.19. The molecule has 0 atom stereocenters. The lowest BCUT2D eigenvalue weighted by atomic mass is 9.99. The van der Waals surface area contributed by atoms with Crippen molar-refractivity contribution < 1.29 is 0 Å². The Morgan fingerprint density at radius 3 is 1.77 bits per heavy atom. The van der Waals surface area contributed by atoms with Gasteiger partial charge in [-0.3, -0.25) is 0 Å². The van der Waals surface area contributed by atoms with Crippen LogP contribution in [0, 0.1) is 0 Å². The highest BCUT2D eigenvalue weighted by Gasteiger charge is 2.39. The highest BCUT2D eigenvalue weighted by atomic mass is 28.3. The number of hydrogen-bond donors (Lipinski definition) is 0. The maximum Gasteiger partial charge on any atom is 0.164 e. The van der Waals surface area contributed by atoms with Crippen LogP contribution in [0.4, 0.5) is 0 Å². The fraction of sp³-hybridized carbons (Fsp3) is 0.0513. The molecule has 1 aliphatic rings. The van der Waals surface area contributed by atoms with Gasteiger partial charge in [-0.15, -0.1) is 0 Å². The van der Waals surface area contributed by atoms with Gasteiger partial charge in [0, 0.05) is 16.7 Å². The van der Waals surface area contributed by atoms with Crippen LogP contribution in [-0.4, -0.2) is 23.0 Å². The molecule has 0 spiro atoms. The smallest absolute Gasteiger partial charge is 0.164 e. The van der Waals surface area contributed by atoms with Gasteiger partial charge in [0.15, 0.2) is 17.5 Å². The number of hydrogen-bond acceptors (Lipinski definition) is 3. The fourth-order valence-electron chi connectivity index (χ4n) is 6.63. The van der Waals surface area contributed by atoms with E-state index in [1.54, 1.807) is 0 Å². The van der Waals surface area contributed by atoms with E-state index in [0.29, 0.717) is 17.5 Å². The molecule has 204 valence electrons. The second-order valence-corrected chi connectivity index (χ2v) is 16.0. The molecule has 8 rings (SSSR count). The van der Waals surface area contributed by atoms with Crippen LogP contribution < -0.4 is 10.4 Å². The molecular formula is C39H29N3Si. The van der Waals surface area contributed by atoms with Crippen LogP contribution in [0.25, 0.3) is 67.2 Å². The van der Waals surface area contributed by atoms with Crippen LogP contribution in [0.5, 0.6) is 0 Å². The van der Waals surface area contributed by atoms with Gasteiger partial charge in [0.2, 0.25) is 0 Å². The van der Waals surface area contributed by atoms with E-state index in [2.05, 4.69) is 128 Å². The van der Waals surface area contributed by atoms with E-state index < -0.39 is 8.07 Å². The van der Waals surface area contributed by atoms with Gasteiger partial charge in [-0.05, 0) is 43.4 Å². The van der Waals surface area contributed by atoms with Gasteiger partial charge in [-0.25, -0.2) is 15.0 Å². The van der Waals surface area contributed by atoms with E-state index in [9.17, 15) is 0 Å². The predicted molar refractivity (Wildman–Crippen MR) is 181 cm³/mol. The lowest BCUT2D eigenvalue weighted by Crippen LogP contribution is -2.49. The zero-order chi connectivity index (χ0) is 29.0. The molecule has 2 heterocycles.